The van der Waals surface area contributed by atoms with E-state index in [0.717, 1.165) is 16.9 Å². The number of benzene rings is 2. The van der Waals surface area contributed by atoms with E-state index in [-0.39, 0.29) is 11.9 Å². The first-order valence-electron chi connectivity index (χ1n) is 6.14. The van der Waals surface area contributed by atoms with Gasteiger partial charge in [0.25, 0.3) is 0 Å². The van der Waals surface area contributed by atoms with Crippen LogP contribution < -0.4 is 10.6 Å². The molecule has 3 nitrogen and oxygen atoms in total. The maximum absolute atomic E-state index is 12.1. The van der Waals surface area contributed by atoms with Crippen molar-refractivity contribution in [1.82, 2.24) is 0 Å². The summed E-state index contributed by atoms with van der Waals surface area (Å²) in [6.07, 6.45) is 0.636. The molecule has 0 aliphatic carbocycles. The van der Waals surface area contributed by atoms with E-state index in [2.05, 4.69) is 10.6 Å². The smallest absolute Gasteiger partial charge is 0.247 e. The molecular weight excluding hydrogens is 260 g/mol. The second-order valence-corrected chi connectivity index (χ2v) is 4.95. The van der Waals surface area contributed by atoms with Gasteiger partial charge >= 0.3 is 0 Å². The van der Waals surface area contributed by atoms with Gasteiger partial charge in [-0.2, -0.15) is 0 Å². The Balaban J connectivity index is 1.85. The minimum atomic E-state index is -0.296. The highest BCUT2D eigenvalue weighted by atomic mass is 35.5. The predicted octanol–water partition coefficient (Wildman–Crippen LogP) is 3.32. The summed E-state index contributed by atoms with van der Waals surface area (Å²) in [6.45, 7) is 0. The van der Waals surface area contributed by atoms with Crippen molar-refractivity contribution < 1.29 is 4.79 Å². The summed E-state index contributed by atoms with van der Waals surface area (Å²) >= 11 is 6.14. The minimum Gasteiger partial charge on any atom is -0.370 e. The fourth-order valence-corrected chi connectivity index (χ4v) is 2.46. The van der Waals surface area contributed by atoms with E-state index in [9.17, 15) is 4.79 Å². The number of fused-ring (bicyclic) bond motifs is 1. The summed E-state index contributed by atoms with van der Waals surface area (Å²) in [5, 5.41) is 6.73. The molecule has 1 heterocycles. The summed E-state index contributed by atoms with van der Waals surface area (Å²) in [4.78, 5) is 12.1. The number of para-hydroxylation sites is 1. The van der Waals surface area contributed by atoms with Crippen molar-refractivity contribution >= 4 is 28.9 Å². The van der Waals surface area contributed by atoms with E-state index in [1.807, 2.05) is 48.5 Å². The van der Waals surface area contributed by atoms with Crippen molar-refractivity contribution in [3.8, 4) is 0 Å². The summed E-state index contributed by atoms with van der Waals surface area (Å²) in [7, 11) is 0. The van der Waals surface area contributed by atoms with E-state index >= 15 is 0 Å². The molecule has 0 bridgehead atoms. The lowest BCUT2D eigenvalue weighted by Gasteiger charge is -2.27. The van der Waals surface area contributed by atoms with Crippen LogP contribution in [0.5, 0.6) is 0 Å². The zero-order valence-electron chi connectivity index (χ0n) is 10.2. The number of amides is 1. The summed E-state index contributed by atoms with van der Waals surface area (Å²) in [5.74, 6) is -0.0291. The molecule has 0 spiro atoms. The first-order valence-corrected chi connectivity index (χ1v) is 6.51. The molecular formula is C15H13ClN2O. The number of anilines is 2. The standard InChI is InChI=1S/C15H13ClN2O/c16-11-7-4-8-12-14(11)17-13(15(19)18-12)9-10-5-2-1-3-6-10/h1-8,13,17H,9H2,(H,18,19). The molecule has 2 N–H and O–H groups in total. The van der Waals surface area contributed by atoms with E-state index < -0.39 is 0 Å². The lowest BCUT2D eigenvalue weighted by molar-refractivity contribution is -0.117. The van der Waals surface area contributed by atoms with Gasteiger partial charge in [-0.15, -0.1) is 0 Å². The summed E-state index contributed by atoms with van der Waals surface area (Å²) in [6, 6.07) is 15.1. The first kappa shape index (κ1) is 12.1. The summed E-state index contributed by atoms with van der Waals surface area (Å²) < 4.78 is 0. The molecule has 0 radical (unpaired) electrons. The third-order valence-electron chi connectivity index (χ3n) is 3.19. The maximum atomic E-state index is 12.1. The van der Waals surface area contributed by atoms with Crippen molar-refractivity contribution in [3.63, 3.8) is 0 Å². The van der Waals surface area contributed by atoms with Crippen LogP contribution in [0.1, 0.15) is 5.56 Å². The number of nitrogens with one attached hydrogen (secondary N) is 2. The fraction of sp³-hybridized carbons (Fsp3) is 0.133. The third-order valence-corrected chi connectivity index (χ3v) is 3.50. The van der Waals surface area contributed by atoms with E-state index in [0.29, 0.717) is 11.4 Å². The van der Waals surface area contributed by atoms with Crippen LogP contribution in [0.2, 0.25) is 5.02 Å². The van der Waals surface area contributed by atoms with E-state index in [4.69, 9.17) is 11.6 Å². The first-order chi connectivity index (χ1) is 9.24. The molecule has 1 atom stereocenters. The van der Waals surface area contributed by atoms with Crippen molar-refractivity contribution in [2.45, 2.75) is 12.5 Å². The lowest BCUT2D eigenvalue weighted by Crippen LogP contribution is -2.40. The van der Waals surface area contributed by atoms with Gasteiger partial charge in [-0.1, -0.05) is 48.0 Å². The van der Waals surface area contributed by atoms with Gasteiger partial charge in [-0.05, 0) is 17.7 Å². The van der Waals surface area contributed by atoms with Crippen molar-refractivity contribution in [3.05, 3.63) is 59.1 Å². The SMILES string of the molecule is O=C1Nc2cccc(Cl)c2NC1Cc1ccccc1. The van der Waals surface area contributed by atoms with Gasteiger partial charge in [-0.25, -0.2) is 0 Å². The Morgan fingerprint density at radius 3 is 2.63 bits per heavy atom. The molecule has 0 fully saturated rings. The maximum Gasteiger partial charge on any atom is 0.247 e. The molecule has 1 aliphatic heterocycles. The molecule has 0 aromatic heterocycles. The van der Waals surface area contributed by atoms with Crippen LogP contribution in [-0.4, -0.2) is 11.9 Å². The highest BCUT2D eigenvalue weighted by Crippen LogP contribution is 2.34. The number of carbonyl (C=O) groups excluding carboxylic acids is 1. The molecule has 0 saturated carbocycles. The second kappa shape index (κ2) is 4.94. The number of rotatable bonds is 2. The van der Waals surface area contributed by atoms with E-state index in [1.165, 1.54) is 0 Å². The minimum absolute atomic E-state index is 0.0291. The zero-order valence-corrected chi connectivity index (χ0v) is 10.9. The number of hydrogen-bond acceptors (Lipinski definition) is 2. The van der Waals surface area contributed by atoms with Crippen molar-refractivity contribution in [2.75, 3.05) is 10.6 Å². The van der Waals surface area contributed by atoms with Gasteiger partial charge in [0.1, 0.15) is 6.04 Å². The average molecular weight is 273 g/mol. The van der Waals surface area contributed by atoms with Crippen molar-refractivity contribution in [1.29, 1.82) is 0 Å². The molecule has 4 heteroatoms. The van der Waals surface area contributed by atoms with Crippen LogP contribution in [-0.2, 0) is 11.2 Å². The average Bonchev–Trinajstić information content (AvgIpc) is 2.42. The Kier molecular flexibility index (Phi) is 3.13. The predicted molar refractivity (Wildman–Crippen MR) is 77.6 cm³/mol. The molecule has 2 aromatic rings. The van der Waals surface area contributed by atoms with Crippen LogP contribution in [0.25, 0.3) is 0 Å². The molecule has 2 aromatic carbocycles. The molecule has 3 rings (SSSR count). The second-order valence-electron chi connectivity index (χ2n) is 4.54. The highest BCUT2D eigenvalue weighted by Gasteiger charge is 2.26. The van der Waals surface area contributed by atoms with Gasteiger partial charge in [-0.3, -0.25) is 4.79 Å². The highest BCUT2D eigenvalue weighted by molar-refractivity contribution is 6.34. The Hall–Kier alpha value is -2.00. The van der Waals surface area contributed by atoms with Gasteiger partial charge in [0, 0.05) is 6.42 Å². The van der Waals surface area contributed by atoms with Crippen LogP contribution in [0.3, 0.4) is 0 Å². The monoisotopic (exact) mass is 272 g/mol. The number of carbonyl (C=O) groups is 1. The fourth-order valence-electron chi connectivity index (χ4n) is 2.23. The molecule has 0 saturated heterocycles. The van der Waals surface area contributed by atoms with Gasteiger partial charge < -0.3 is 10.6 Å². The number of hydrogen-bond donors (Lipinski definition) is 2. The Bertz CT molecular complexity index is 613. The topological polar surface area (TPSA) is 41.1 Å². The van der Waals surface area contributed by atoms with Gasteiger partial charge in [0.15, 0.2) is 0 Å². The van der Waals surface area contributed by atoms with E-state index in [1.54, 1.807) is 0 Å². The molecule has 96 valence electrons. The molecule has 19 heavy (non-hydrogen) atoms. The van der Waals surface area contributed by atoms with Crippen LogP contribution in [0, 0.1) is 0 Å². The van der Waals surface area contributed by atoms with Crippen LogP contribution in [0.15, 0.2) is 48.5 Å². The van der Waals surface area contributed by atoms with Gasteiger partial charge in [0.05, 0.1) is 16.4 Å². The number of halogens is 1. The normalized spacial score (nSPS) is 17.3. The Morgan fingerprint density at radius 2 is 1.84 bits per heavy atom. The van der Waals surface area contributed by atoms with Crippen molar-refractivity contribution in [2.24, 2.45) is 0 Å². The molecule has 1 unspecified atom stereocenters. The Morgan fingerprint density at radius 1 is 1.05 bits per heavy atom. The zero-order chi connectivity index (χ0) is 13.2. The molecule has 1 aliphatic rings. The van der Waals surface area contributed by atoms with Crippen LogP contribution in [0.4, 0.5) is 11.4 Å². The third kappa shape index (κ3) is 2.42. The summed E-state index contributed by atoms with van der Waals surface area (Å²) in [5.41, 5.74) is 2.65. The molecule has 1 amide bonds. The largest absolute Gasteiger partial charge is 0.370 e. The van der Waals surface area contributed by atoms with Gasteiger partial charge in [0.2, 0.25) is 5.91 Å². The Labute approximate surface area is 116 Å². The lowest BCUT2D eigenvalue weighted by atomic mass is 10.0. The quantitative estimate of drug-likeness (QED) is 0.881. The van der Waals surface area contributed by atoms with Crippen LogP contribution >= 0.6 is 11.6 Å².